The van der Waals surface area contributed by atoms with Crippen molar-refractivity contribution in [2.24, 2.45) is 5.92 Å². The molecule has 5 heteroatoms. The zero-order valence-electron chi connectivity index (χ0n) is 11.3. The summed E-state index contributed by atoms with van der Waals surface area (Å²) in [5.74, 6) is -1.09. The first-order valence-corrected chi connectivity index (χ1v) is 6.62. The SMILES string of the molecule is CC1CC(=O)N(CCCC(=O)c2ccc(F)cc2)C1=O. The van der Waals surface area contributed by atoms with E-state index in [0.29, 0.717) is 12.0 Å². The van der Waals surface area contributed by atoms with Crippen molar-refractivity contribution < 1.29 is 18.8 Å². The van der Waals surface area contributed by atoms with Crippen LogP contribution in [0.1, 0.15) is 36.5 Å². The monoisotopic (exact) mass is 277 g/mol. The molecule has 0 spiro atoms. The number of hydrogen-bond acceptors (Lipinski definition) is 3. The summed E-state index contributed by atoms with van der Waals surface area (Å²) in [6.45, 7) is 2.00. The molecule has 1 heterocycles. The number of ketones is 1. The van der Waals surface area contributed by atoms with E-state index in [2.05, 4.69) is 0 Å². The van der Waals surface area contributed by atoms with E-state index in [1.54, 1.807) is 6.92 Å². The molecule has 2 amide bonds. The Morgan fingerprint density at radius 1 is 1.30 bits per heavy atom. The number of likely N-dealkylation sites (tertiary alicyclic amines) is 1. The van der Waals surface area contributed by atoms with E-state index in [1.165, 1.54) is 29.2 Å². The van der Waals surface area contributed by atoms with Gasteiger partial charge in [0.2, 0.25) is 11.8 Å². The minimum absolute atomic E-state index is 0.114. The summed E-state index contributed by atoms with van der Waals surface area (Å²) < 4.78 is 12.7. The molecule has 20 heavy (non-hydrogen) atoms. The number of imide groups is 1. The highest BCUT2D eigenvalue weighted by atomic mass is 19.1. The zero-order chi connectivity index (χ0) is 14.7. The van der Waals surface area contributed by atoms with Gasteiger partial charge in [-0.3, -0.25) is 19.3 Å². The standard InChI is InChI=1S/C15H16FNO3/c1-10-9-14(19)17(15(10)20)8-2-3-13(18)11-4-6-12(16)7-5-11/h4-7,10H,2-3,8-9H2,1H3. The number of nitrogens with zero attached hydrogens (tertiary/aromatic N) is 1. The van der Waals surface area contributed by atoms with Crippen LogP contribution in [0.5, 0.6) is 0 Å². The molecule has 1 aromatic rings. The van der Waals surface area contributed by atoms with Crippen molar-refractivity contribution in [2.75, 3.05) is 6.54 Å². The van der Waals surface area contributed by atoms with Crippen LogP contribution in [0.15, 0.2) is 24.3 Å². The number of rotatable bonds is 5. The molecule has 0 N–H and O–H groups in total. The predicted molar refractivity (Wildman–Crippen MR) is 70.5 cm³/mol. The van der Waals surface area contributed by atoms with Crippen molar-refractivity contribution in [1.82, 2.24) is 4.90 Å². The second-order valence-electron chi connectivity index (χ2n) is 5.02. The number of carbonyl (C=O) groups excluding carboxylic acids is 3. The van der Waals surface area contributed by atoms with Gasteiger partial charge in [-0.05, 0) is 30.7 Å². The third kappa shape index (κ3) is 3.10. The minimum atomic E-state index is -0.385. The molecule has 0 radical (unpaired) electrons. The van der Waals surface area contributed by atoms with E-state index >= 15 is 0 Å². The molecule has 0 aromatic heterocycles. The number of hydrogen-bond donors (Lipinski definition) is 0. The predicted octanol–water partition coefficient (Wildman–Crippen LogP) is 2.18. The maximum absolute atomic E-state index is 12.7. The molecule has 1 fully saturated rings. The third-order valence-electron chi connectivity index (χ3n) is 3.42. The fourth-order valence-electron chi connectivity index (χ4n) is 2.26. The van der Waals surface area contributed by atoms with Gasteiger partial charge in [0.05, 0.1) is 0 Å². The number of amides is 2. The van der Waals surface area contributed by atoms with Gasteiger partial charge in [0.15, 0.2) is 5.78 Å². The van der Waals surface area contributed by atoms with Crippen LogP contribution >= 0.6 is 0 Å². The Kier molecular flexibility index (Phi) is 4.27. The molecule has 1 saturated heterocycles. The van der Waals surface area contributed by atoms with Crippen LogP contribution in [-0.2, 0) is 9.59 Å². The summed E-state index contributed by atoms with van der Waals surface area (Å²) in [6, 6.07) is 5.35. The maximum atomic E-state index is 12.7. The summed E-state index contributed by atoms with van der Waals surface area (Å²) in [5, 5.41) is 0. The maximum Gasteiger partial charge on any atom is 0.232 e. The molecule has 1 unspecified atom stereocenters. The molecule has 0 aliphatic carbocycles. The average Bonchev–Trinajstić information content (AvgIpc) is 2.65. The van der Waals surface area contributed by atoms with Crippen LogP contribution in [0.25, 0.3) is 0 Å². The zero-order valence-corrected chi connectivity index (χ0v) is 11.3. The molecule has 0 saturated carbocycles. The fourth-order valence-corrected chi connectivity index (χ4v) is 2.26. The van der Waals surface area contributed by atoms with Crippen LogP contribution in [0.2, 0.25) is 0 Å². The van der Waals surface area contributed by atoms with Gasteiger partial charge < -0.3 is 0 Å². The molecule has 1 aliphatic rings. The number of carbonyl (C=O) groups is 3. The molecule has 1 aromatic carbocycles. The second-order valence-corrected chi connectivity index (χ2v) is 5.02. The summed E-state index contributed by atoms with van der Waals surface area (Å²) in [7, 11) is 0. The van der Waals surface area contributed by atoms with Crippen LogP contribution in [0, 0.1) is 11.7 Å². The molecule has 1 atom stereocenters. The van der Waals surface area contributed by atoms with Gasteiger partial charge >= 0.3 is 0 Å². The number of benzene rings is 1. The number of halogens is 1. The van der Waals surface area contributed by atoms with E-state index in [-0.39, 0.29) is 48.7 Å². The van der Waals surface area contributed by atoms with Crippen LogP contribution in [0.3, 0.4) is 0 Å². The third-order valence-corrected chi connectivity index (χ3v) is 3.42. The van der Waals surface area contributed by atoms with Crippen LogP contribution in [0.4, 0.5) is 4.39 Å². The lowest BCUT2D eigenvalue weighted by Crippen LogP contribution is -2.31. The Morgan fingerprint density at radius 2 is 1.95 bits per heavy atom. The van der Waals surface area contributed by atoms with E-state index in [4.69, 9.17) is 0 Å². The Bertz CT molecular complexity index is 539. The van der Waals surface area contributed by atoms with Crippen molar-refractivity contribution in [3.63, 3.8) is 0 Å². The highest BCUT2D eigenvalue weighted by Gasteiger charge is 2.34. The molecular formula is C15H16FNO3. The lowest BCUT2D eigenvalue weighted by atomic mass is 10.1. The Morgan fingerprint density at radius 3 is 2.50 bits per heavy atom. The van der Waals surface area contributed by atoms with Crippen molar-refractivity contribution in [3.05, 3.63) is 35.6 Å². The van der Waals surface area contributed by atoms with Crippen LogP contribution in [-0.4, -0.2) is 29.0 Å². The lowest BCUT2D eigenvalue weighted by molar-refractivity contribution is -0.139. The van der Waals surface area contributed by atoms with E-state index in [0.717, 1.165) is 0 Å². The highest BCUT2D eigenvalue weighted by Crippen LogP contribution is 2.19. The Balaban J connectivity index is 1.84. The molecular weight excluding hydrogens is 261 g/mol. The van der Waals surface area contributed by atoms with Crippen LogP contribution < -0.4 is 0 Å². The normalized spacial score (nSPS) is 18.7. The topological polar surface area (TPSA) is 54.5 Å². The fraction of sp³-hybridized carbons (Fsp3) is 0.400. The summed E-state index contributed by atoms with van der Waals surface area (Å²) in [5.41, 5.74) is 0.443. The minimum Gasteiger partial charge on any atom is -0.294 e. The highest BCUT2D eigenvalue weighted by molar-refractivity contribution is 6.03. The summed E-state index contributed by atoms with van der Waals surface area (Å²) >= 11 is 0. The molecule has 106 valence electrons. The van der Waals surface area contributed by atoms with Gasteiger partial charge in [-0.25, -0.2) is 4.39 Å². The summed E-state index contributed by atoms with van der Waals surface area (Å²) in [6.07, 6.45) is 0.919. The summed E-state index contributed by atoms with van der Waals surface area (Å²) in [4.78, 5) is 36.3. The van der Waals surface area contributed by atoms with Crippen molar-refractivity contribution >= 4 is 17.6 Å². The van der Waals surface area contributed by atoms with Gasteiger partial charge in [-0.15, -0.1) is 0 Å². The van der Waals surface area contributed by atoms with Gasteiger partial charge in [-0.1, -0.05) is 6.92 Å². The first-order valence-electron chi connectivity index (χ1n) is 6.62. The van der Waals surface area contributed by atoms with E-state index < -0.39 is 0 Å². The molecule has 2 rings (SSSR count). The Hall–Kier alpha value is -2.04. The number of Topliss-reactive ketones (excluding diaryl/α,β-unsaturated/α-hetero) is 1. The largest absolute Gasteiger partial charge is 0.294 e. The van der Waals surface area contributed by atoms with Crippen molar-refractivity contribution in [3.8, 4) is 0 Å². The smallest absolute Gasteiger partial charge is 0.232 e. The van der Waals surface area contributed by atoms with E-state index in [9.17, 15) is 18.8 Å². The second kappa shape index (κ2) is 5.94. The first-order chi connectivity index (χ1) is 9.49. The molecule has 1 aliphatic heterocycles. The van der Waals surface area contributed by atoms with Crippen molar-refractivity contribution in [2.45, 2.75) is 26.2 Å². The average molecular weight is 277 g/mol. The first kappa shape index (κ1) is 14.4. The van der Waals surface area contributed by atoms with E-state index in [1.807, 2.05) is 0 Å². The van der Waals surface area contributed by atoms with Gasteiger partial charge in [0, 0.05) is 30.9 Å². The molecule has 0 bridgehead atoms. The quantitative estimate of drug-likeness (QED) is 0.612. The van der Waals surface area contributed by atoms with Gasteiger partial charge in [-0.2, -0.15) is 0 Å². The van der Waals surface area contributed by atoms with Gasteiger partial charge in [0.25, 0.3) is 0 Å². The van der Waals surface area contributed by atoms with Gasteiger partial charge in [0.1, 0.15) is 5.82 Å². The van der Waals surface area contributed by atoms with Crippen molar-refractivity contribution in [1.29, 1.82) is 0 Å². The molecule has 4 nitrogen and oxygen atoms in total. The lowest BCUT2D eigenvalue weighted by Gasteiger charge is -2.13. The Labute approximate surface area is 116 Å².